The van der Waals surface area contributed by atoms with E-state index in [1.807, 2.05) is 7.05 Å². The second-order valence-corrected chi connectivity index (χ2v) is 5.37. The van der Waals surface area contributed by atoms with Gasteiger partial charge in [0, 0.05) is 13.2 Å². The fourth-order valence-electron chi connectivity index (χ4n) is 2.88. The number of ether oxygens (including phenoxy) is 1. The maximum Gasteiger partial charge on any atom is 0.416 e. The van der Waals surface area contributed by atoms with Gasteiger partial charge >= 0.3 is 6.18 Å². The van der Waals surface area contributed by atoms with Gasteiger partial charge in [0.15, 0.2) is 0 Å². The highest BCUT2D eigenvalue weighted by Crippen LogP contribution is 2.39. The van der Waals surface area contributed by atoms with Crippen LogP contribution in [0.3, 0.4) is 0 Å². The van der Waals surface area contributed by atoms with Crippen molar-refractivity contribution in [2.45, 2.75) is 43.5 Å². The van der Waals surface area contributed by atoms with E-state index in [1.54, 1.807) is 13.2 Å². The zero-order valence-electron chi connectivity index (χ0n) is 11.8. The average Bonchev–Trinajstić information content (AvgIpc) is 2.36. The van der Waals surface area contributed by atoms with Crippen LogP contribution in [0.15, 0.2) is 24.3 Å². The minimum Gasteiger partial charge on any atom is -0.377 e. The quantitative estimate of drug-likeness (QED) is 0.896. The molecule has 0 bridgehead atoms. The van der Waals surface area contributed by atoms with Crippen LogP contribution in [0.1, 0.15) is 30.4 Å². The van der Waals surface area contributed by atoms with Gasteiger partial charge in [-0.05, 0) is 44.4 Å². The number of rotatable bonds is 5. The molecule has 0 aromatic heterocycles. The highest BCUT2D eigenvalue weighted by Gasteiger charge is 2.43. The van der Waals surface area contributed by atoms with Gasteiger partial charge in [-0.2, -0.15) is 13.2 Å². The lowest BCUT2D eigenvalue weighted by Gasteiger charge is -2.46. The predicted molar refractivity (Wildman–Crippen MR) is 71.6 cm³/mol. The molecule has 5 heteroatoms. The summed E-state index contributed by atoms with van der Waals surface area (Å²) < 4.78 is 43.8. The molecule has 1 saturated carbocycles. The second kappa shape index (κ2) is 5.74. The van der Waals surface area contributed by atoms with Crippen molar-refractivity contribution < 1.29 is 17.9 Å². The van der Waals surface area contributed by atoms with E-state index >= 15 is 0 Å². The lowest BCUT2D eigenvalue weighted by Crippen LogP contribution is -2.56. The summed E-state index contributed by atoms with van der Waals surface area (Å²) in [6.45, 7) is 0. The Morgan fingerprint density at radius 3 is 2.50 bits per heavy atom. The number of likely N-dealkylation sites (N-methyl/N-ethyl adjacent to an activating group) is 1. The Bertz CT molecular complexity index is 449. The third-order valence-corrected chi connectivity index (χ3v) is 4.28. The highest BCUT2D eigenvalue weighted by atomic mass is 19.4. The van der Waals surface area contributed by atoms with Gasteiger partial charge in [-0.15, -0.1) is 0 Å². The van der Waals surface area contributed by atoms with E-state index in [0.29, 0.717) is 12.0 Å². The third-order valence-electron chi connectivity index (χ3n) is 4.28. The van der Waals surface area contributed by atoms with Crippen LogP contribution in [0.5, 0.6) is 0 Å². The molecule has 0 heterocycles. The molecule has 1 fully saturated rings. The van der Waals surface area contributed by atoms with Crippen molar-refractivity contribution in [2.24, 2.45) is 0 Å². The number of alkyl halides is 3. The summed E-state index contributed by atoms with van der Waals surface area (Å²) in [6.07, 6.45) is -0.745. The van der Waals surface area contributed by atoms with Crippen molar-refractivity contribution in [1.29, 1.82) is 0 Å². The Balaban J connectivity index is 2.16. The number of benzene rings is 1. The predicted octanol–water partition coefficient (Wildman–Crippen LogP) is 3.41. The molecule has 0 saturated heterocycles. The van der Waals surface area contributed by atoms with Crippen LogP contribution in [-0.4, -0.2) is 25.8 Å². The maximum absolute atomic E-state index is 12.7. The molecule has 1 aliphatic carbocycles. The first kappa shape index (κ1) is 15.3. The van der Waals surface area contributed by atoms with Gasteiger partial charge in [0.2, 0.25) is 0 Å². The van der Waals surface area contributed by atoms with E-state index < -0.39 is 11.7 Å². The van der Waals surface area contributed by atoms with Gasteiger partial charge in [0.25, 0.3) is 0 Å². The topological polar surface area (TPSA) is 21.3 Å². The first-order valence-corrected chi connectivity index (χ1v) is 6.80. The van der Waals surface area contributed by atoms with Crippen molar-refractivity contribution in [3.63, 3.8) is 0 Å². The van der Waals surface area contributed by atoms with Crippen LogP contribution < -0.4 is 5.32 Å². The van der Waals surface area contributed by atoms with Gasteiger partial charge in [0.1, 0.15) is 0 Å². The van der Waals surface area contributed by atoms with E-state index in [9.17, 15) is 13.2 Å². The Hall–Kier alpha value is -1.07. The van der Waals surface area contributed by atoms with Crippen molar-refractivity contribution in [2.75, 3.05) is 14.2 Å². The Kier molecular flexibility index (Phi) is 4.39. The van der Waals surface area contributed by atoms with Crippen LogP contribution in [0, 0.1) is 0 Å². The number of nitrogens with one attached hydrogen (secondary N) is 1. The first-order chi connectivity index (χ1) is 9.41. The summed E-state index contributed by atoms with van der Waals surface area (Å²) in [5.74, 6) is 0. The van der Waals surface area contributed by atoms with Gasteiger partial charge in [-0.3, -0.25) is 0 Å². The first-order valence-electron chi connectivity index (χ1n) is 6.80. The molecule has 1 aliphatic rings. The molecule has 1 aromatic rings. The molecule has 1 atom stereocenters. The van der Waals surface area contributed by atoms with Crippen molar-refractivity contribution in [3.8, 4) is 0 Å². The molecule has 2 rings (SSSR count). The Labute approximate surface area is 117 Å². The molecule has 0 amide bonds. The largest absolute Gasteiger partial charge is 0.416 e. The zero-order chi connectivity index (χ0) is 14.8. The van der Waals surface area contributed by atoms with Crippen LogP contribution in [0.4, 0.5) is 13.2 Å². The van der Waals surface area contributed by atoms with E-state index in [1.165, 1.54) is 12.1 Å². The number of hydrogen-bond acceptors (Lipinski definition) is 2. The summed E-state index contributed by atoms with van der Waals surface area (Å²) in [5, 5.41) is 3.20. The average molecular weight is 287 g/mol. The smallest absolute Gasteiger partial charge is 0.377 e. The van der Waals surface area contributed by atoms with Crippen LogP contribution in [0.25, 0.3) is 0 Å². The lowest BCUT2D eigenvalue weighted by molar-refractivity contribution is -0.137. The van der Waals surface area contributed by atoms with Gasteiger partial charge in [-0.25, -0.2) is 0 Å². The normalized spacial score (nSPS) is 19.4. The van der Waals surface area contributed by atoms with E-state index in [2.05, 4.69) is 5.32 Å². The monoisotopic (exact) mass is 287 g/mol. The van der Waals surface area contributed by atoms with Gasteiger partial charge in [-0.1, -0.05) is 18.2 Å². The fraction of sp³-hybridized carbons (Fsp3) is 0.600. The minimum atomic E-state index is -4.29. The third kappa shape index (κ3) is 2.99. The second-order valence-electron chi connectivity index (χ2n) is 5.37. The molecule has 0 radical (unpaired) electrons. The maximum atomic E-state index is 12.7. The summed E-state index contributed by atoms with van der Waals surface area (Å²) >= 11 is 0. The number of halogens is 3. The standard InChI is InChI=1S/C15H20F3NO/c1-19-13(14(20-2)7-4-8-14)10-11-5-3-6-12(9-11)15(16,17)18/h3,5-6,9,13,19H,4,7-8,10H2,1-2H3. The molecule has 2 nitrogen and oxygen atoms in total. The molecular formula is C15H20F3NO. The fourth-order valence-corrected chi connectivity index (χ4v) is 2.88. The SMILES string of the molecule is CNC(Cc1cccc(C(F)(F)F)c1)C1(OC)CCC1. The molecule has 20 heavy (non-hydrogen) atoms. The Morgan fingerprint density at radius 1 is 1.35 bits per heavy atom. The summed E-state index contributed by atoms with van der Waals surface area (Å²) in [6, 6.07) is 5.57. The van der Waals surface area contributed by atoms with Crippen LogP contribution in [-0.2, 0) is 17.3 Å². The zero-order valence-corrected chi connectivity index (χ0v) is 11.8. The molecule has 0 aliphatic heterocycles. The van der Waals surface area contributed by atoms with Crippen LogP contribution >= 0.6 is 0 Å². The highest BCUT2D eigenvalue weighted by molar-refractivity contribution is 5.27. The summed E-state index contributed by atoms with van der Waals surface area (Å²) in [4.78, 5) is 0. The molecular weight excluding hydrogens is 267 g/mol. The minimum absolute atomic E-state index is 0.0322. The van der Waals surface area contributed by atoms with Gasteiger partial charge in [0.05, 0.1) is 11.2 Å². The van der Waals surface area contributed by atoms with E-state index in [0.717, 1.165) is 25.3 Å². The van der Waals surface area contributed by atoms with Crippen molar-refractivity contribution in [1.82, 2.24) is 5.32 Å². The number of methoxy groups -OCH3 is 1. The van der Waals surface area contributed by atoms with Gasteiger partial charge < -0.3 is 10.1 Å². The van der Waals surface area contributed by atoms with E-state index in [4.69, 9.17) is 4.74 Å². The lowest BCUT2D eigenvalue weighted by atomic mass is 9.72. The van der Waals surface area contributed by atoms with E-state index in [-0.39, 0.29) is 11.6 Å². The Morgan fingerprint density at radius 2 is 2.05 bits per heavy atom. The summed E-state index contributed by atoms with van der Waals surface area (Å²) in [7, 11) is 3.51. The molecule has 112 valence electrons. The van der Waals surface area contributed by atoms with Crippen molar-refractivity contribution in [3.05, 3.63) is 35.4 Å². The molecule has 1 N–H and O–H groups in total. The number of hydrogen-bond donors (Lipinski definition) is 1. The van der Waals surface area contributed by atoms with Crippen LogP contribution in [0.2, 0.25) is 0 Å². The molecule has 0 spiro atoms. The molecule has 1 aromatic carbocycles. The summed E-state index contributed by atoms with van der Waals surface area (Å²) in [5.41, 5.74) is -0.143. The van der Waals surface area contributed by atoms with Crippen molar-refractivity contribution >= 4 is 0 Å². The molecule has 1 unspecified atom stereocenters.